The highest BCUT2D eigenvalue weighted by atomic mass is 16.5. The van der Waals surface area contributed by atoms with Crippen LogP contribution in [0, 0.1) is 6.92 Å². The smallest absolute Gasteiger partial charge is 0.317 e. The number of carboxylic acids is 1. The first-order valence-corrected chi connectivity index (χ1v) is 6.15. The van der Waals surface area contributed by atoms with E-state index in [-0.39, 0.29) is 12.6 Å². The molecule has 0 aliphatic rings. The van der Waals surface area contributed by atoms with Crippen LogP contribution in [0.5, 0.6) is 5.75 Å². The third kappa shape index (κ3) is 4.75. The Morgan fingerprint density at radius 1 is 1.39 bits per heavy atom. The number of para-hydroxylation sites is 1. The van der Waals surface area contributed by atoms with Gasteiger partial charge in [0.2, 0.25) is 0 Å². The van der Waals surface area contributed by atoms with Crippen molar-refractivity contribution in [3.8, 4) is 5.75 Å². The van der Waals surface area contributed by atoms with Crippen molar-refractivity contribution in [1.29, 1.82) is 0 Å². The number of aliphatic carboxylic acids is 1. The standard InChI is InChI=1S/C14H21NO3/c1-11(2)15(10-14(16)17)8-9-18-13-7-5-4-6-12(13)3/h4-7,11H,8-10H2,1-3H3,(H,16,17). The van der Waals surface area contributed by atoms with Gasteiger partial charge in [-0.3, -0.25) is 9.69 Å². The van der Waals surface area contributed by atoms with Crippen molar-refractivity contribution >= 4 is 5.97 Å². The van der Waals surface area contributed by atoms with Crippen molar-refractivity contribution in [2.75, 3.05) is 19.7 Å². The van der Waals surface area contributed by atoms with Crippen LogP contribution in [0.3, 0.4) is 0 Å². The van der Waals surface area contributed by atoms with E-state index in [4.69, 9.17) is 9.84 Å². The van der Waals surface area contributed by atoms with Gasteiger partial charge in [0, 0.05) is 12.6 Å². The summed E-state index contributed by atoms with van der Waals surface area (Å²) in [7, 11) is 0. The Morgan fingerprint density at radius 2 is 2.06 bits per heavy atom. The highest BCUT2D eigenvalue weighted by Gasteiger charge is 2.13. The average Bonchev–Trinajstić information content (AvgIpc) is 2.29. The highest BCUT2D eigenvalue weighted by molar-refractivity contribution is 5.69. The first-order valence-electron chi connectivity index (χ1n) is 6.15. The quantitative estimate of drug-likeness (QED) is 0.807. The summed E-state index contributed by atoms with van der Waals surface area (Å²) in [5.41, 5.74) is 1.09. The molecule has 4 nitrogen and oxygen atoms in total. The molecule has 1 aromatic carbocycles. The normalized spacial score (nSPS) is 10.9. The molecule has 100 valence electrons. The molecule has 4 heteroatoms. The lowest BCUT2D eigenvalue weighted by atomic mass is 10.2. The van der Waals surface area contributed by atoms with E-state index in [1.165, 1.54) is 0 Å². The van der Waals surface area contributed by atoms with Crippen LogP contribution in [0.25, 0.3) is 0 Å². The number of carbonyl (C=O) groups is 1. The maximum atomic E-state index is 10.7. The number of rotatable bonds is 7. The summed E-state index contributed by atoms with van der Waals surface area (Å²) < 4.78 is 5.66. The zero-order valence-electron chi connectivity index (χ0n) is 11.2. The molecule has 0 aliphatic heterocycles. The minimum Gasteiger partial charge on any atom is -0.492 e. The fourth-order valence-corrected chi connectivity index (χ4v) is 1.68. The molecule has 0 amide bonds. The van der Waals surface area contributed by atoms with Crippen molar-refractivity contribution in [2.45, 2.75) is 26.8 Å². The summed E-state index contributed by atoms with van der Waals surface area (Å²) in [6.07, 6.45) is 0. The summed E-state index contributed by atoms with van der Waals surface area (Å²) in [6.45, 7) is 7.11. The molecule has 0 saturated heterocycles. The van der Waals surface area contributed by atoms with Crippen LogP contribution in [0.1, 0.15) is 19.4 Å². The first-order chi connectivity index (χ1) is 8.50. The van der Waals surface area contributed by atoms with E-state index < -0.39 is 5.97 Å². The molecule has 0 heterocycles. The maximum Gasteiger partial charge on any atom is 0.317 e. The number of benzene rings is 1. The second kappa shape index (κ2) is 7.01. The number of hydrogen-bond acceptors (Lipinski definition) is 3. The van der Waals surface area contributed by atoms with Gasteiger partial charge < -0.3 is 9.84 Å². The van der Waals surface area contributed by atoms with E-state index >= 15 is 0 Å². The summed E-state index contributed by atoms with van der Waals surface area (Å²) >= 11 is 0. The molecule has 0 bridgehead atoms. The van der Waals surface area contributed by atoms with E-state index in [9.17, 15) is 4.79 Å². The van der Waals surface area contributed by atoms with Crippen LogP contribution < -0.4 is 4.74 Å². The summed E-state index contributed by atoms with van der Waals surface area (Å²) in [5.74, 6) is 0.0520. The second-order valence-electron chi connectivity index (χ2n) is 4.57. The Labute approximate surface area is 108 Å². The van der Waals surface area contributed by atoms with Crippen molar-refractivity contribution in [2.24, 2.45) is 0 Å². The Balaban J connectivity index is 2.44. The Hall–Kier alpha value is -1.55. The van der Waals surface area contributed by atoms with Gasteiger partial charge in [0.05, 0.1) is 6.54 Å². The minimum absolute atomic E-state index is 0.0504. The molecule has 1 N–H and O–H groups in total. The SMILES string of the molecule is Cc1ccccc1OCCN(CC(=O)O)C(C)C. The van der Waals surface area contributed by atoms with Crippen molar-refractivity contribution in [3.05, 3.63) is 29.8 Å². The zero-order chi connectivity index (χ0) is 13.5. The van der Waals surface area contributed by atoms with Gasteiger partial charge in [-0.1, -0.05) is 18.2 Å². The number of nitrogens with zero attached hydrogens (tertiary/aromatic N) is 1. The Kier molecular flexibility index (Phi) is 5.65. The lowest BCUT2D eigenvalue weighted by Crippen LogP contribution is -2.38. The topological polar surface area (TPSA) is 49.8 Å². The minimum atomic E-state index is -0.806. The number of hydrogen-bond donors (Lipinski definition) is 1. The van der Waals surface area contributed by atoms with Gasteiger partial charge in [-0.05, 0) is 32.4 Å². The summed E-state index contributed by atoms with van der Waals surface area (Å²) in [4.78, 5) is 12.6. The zero-order valence-corrected chi connectivity index (χ0v) is 11.2. The third-order valence-electron chi connectivity index (χ3n) is 2.80. The van der Waals surface area contributed by atoms with E-state index in [0.29, 0.717) is 13.2 Å². The molecule has 0 aliphatic carbocycles. The number of aryl methyl sites for hydroxylation is 1. The molecule has 0 radical (unpaired) electrons. The largest absolute Gasteiger partial charge is 0.492 e. The molecular weight excluding hydrogens is 230 g/mol. The Bertz CT molecular complexity index is 390. The first kappa shape index (κ1) is 14.5. The van der Waals surface area contributed by atoms with Crippen LogP contribution in [-0.4, -0.2) is 41.7 Å². The fraction of sp³-hybridized carbons (Fsp3) is 0.500. The predicted molar refractivity (Wildman–Crippen MR) is 71.0 cm³/mol. The van der Waals surface area contributed by atoms with Crippen LogP contribution in [-0.2, 0) is 4.79 Å². The van der Waals surface area contributed by atoms with Gasteiger partial charge in [-0.25, -0.2) is 0 Å². The predicted octanol–water partition coefficient (Wildman–Crippen LogP) is 2.17. The van der Waals surface area contributed by atoms with Crippen LogP contribution in [0.2, 0.25) is 0 Å². The van der Waals surface area contributed by atoms with Gasteiger partial charge >= 0.3 is 5.97 Å². The van der Waals surface area contributed by atoms with Gasteiger partial charge in [-0.15, -0.1) is 0 Å². The monoisotopic (exact) mass is 251 g/mol. The number of carboxylic acid groups (broad SMARTS) is 1. The maximum absolute atomic E-state index is 10.7. The van der Waals surface area contributed by atoms with E-state index in [1.807, 2.05) is 49.9 Å². The van der Waals surface area contributed by atoms with Crippen LogP contribution in [0.15, 0.2) is 24.3 Å². The van der Waals surface area contributed by atoms with Gasteiger partial charge in [0.1, 0.15) is 12.4 Å². The molecule has 0 unspecified atom stereocenters. The second-order valence-corrected chi connectivity index (χ2v) is 4.57. The molecule has 1 aromatic rings. The fourth-order valence-electron chi connectivity index (χ4n) is 1.68. The molecule has 0 fully saturated rings. The molecular formula is C14H21NO3. The highest BCUT2D eigenvalue weighted by Crippen LogP contribution is 2.15. The van der Waals surface area contributed by atoms with Crippen molar-refractivity contribution in [1.82, 2.24) is 4.90 Å². The summed E-state index contributed by atoms with van der Waals surface area (Å²) in [5, 5.41) is 8.81. The lowest BCUT2D eigenvalue weighted by Gasteiger charge is -2.24. The molecule has 18 heavy (non-hydrogen) atoms. The molecule has 1 rings (SSSR count). The molecule has 0 atom stereocenters. The van der Waals surface area contributed by atoms with Gasteiger partial charge in [0.25, 0.3) is 0 Å². The average molecular weight is 251 g/mol. The Morgan fingerprint density at radius 3 is 2.61 bits per heavy atom. The lowest BCUT2D eigenvalue weighted by molar-refractivity contribution is -0.138. The molecule has 0 aromatic heterocycles. The number of ether oxygens (including phenoxy) is 1. The van der Waals surface area contributed by atoms with Crippen LogP contribution >= 0.6 is 0 Å². The molecule has 0 spiro atoms. The van der Waals surface area contributed by atoms with Gasteiger partial charge in [0.15, 0.2) is 0 Å². The summed E-state index contributed by atoms with van der Waals surface area (Å²) in [6, 6.07) is 8.01. The van der Waals surface area contributed by atoms with Gasteiger partial charge in [-0.2, -0.15) is 0 Å². The van der Waals surface area contributed by atoms with E-state index in [0.717, 1.165) is 11.3 Å². The van der Waals surface area contributed by atoms with Crippen molar-refractivity contribution < 1.29 is 14.6 Å². The van der Waals surface area contributed by atoms with Crippen molar-refractivity contribution in [3.63, 3.8) is 0 Å². The molecule has 0 saturated carbocycles. The van der Waals surface area contributed by atoms with E-state index in [2.05, 4.69) is 0 Å². The van der Waals surface area contributed by atoms with E-state index in [1.54, 1.807) is 0 Å². The van der Waals surface area contributed by atoms with Crippen LogP contribution in [0.4, 0.5) is 0 Å². The third-order valence-corrected chi connectivity index (χ3v) is 2.80.